The molecule has 4 heteroatoms. The summed E-state index contributed by atoms with van der Waals surface area (Å²) in [5.41, 5.74) is 1.03. The number of nitrogens with one attached hydrogen (secondary N) is 1. The van der Waals surface area contributed by atoms with Crippen LogP contribution in [0.4, 0.5) is 0 Å². The molecule has 1 aromatic rings. The number of halogens is 2. The van der Waals surface area contributed by atoms with Gasteiger partial charge in [0.1, 0.15) is 0 Å². The summed E-state index contributed by atoms with van der Waals surface area (Å²) in [6, 6.07) is 5.94. The second-order valence-corrected chi connectivity index (χ2v) is 6.13. The summed E-state index contributed by atoms with van der Waals surface area (Å²) in [6.45, 7) is 3.95. The Morgan fingerprint density at radius 1 is 1.35 bits per heavy atom. The van der Waals surface area contributed by atoms with Crippen LogP contribution < -0.4 is 5.32 Å². The van der Waals surface area contributed by atoms with Gasteiger partial charge in [-0.05, 0) is 50.8 Å². The molecular formula is C16H23Cl2NO. The number of benzene rings is 1. The molecule has 1 N–H and O–H groups in total. The highest BCUT2D eigenvalue weighted by molar-refractivity contribution is 6.36. The normalized spacial score (nSPS) is 20.2. The van der Waals surface area contributed by atoms with E-state index in [1.807, 2.05) is 18.2 Å². The molecule has 2 nitrogen and oxygen atoms in total. The Kier molecular flexibility index (Phi) is 6.63. The van der Waals surface area contributed by atoms with Gasteiger partial charge < -0.3 is 10.1 Å². The smallest absolute Gasteiger partial charge is 0.0576 e. The summed E-state index contributed by atoms with van der Waals surface area (Å²) >= 11 is 12.6. The van der Waals surface area contributed by atoms with E-state index in [4.69, 9.17) is 27.9 Å². The van der Waals surface area contributed by atoms with Crippen LogP contribution in [0.25, 0.3) is 0 Å². The maximum atomic E-state index is 6.32. The summed E-state index contributed by atoms with van der Waals surface area (Å²) in [7, 11) is 0. The van der Waals surface area contributed by atoms with Crippen LogP contribution in [0.5, 0.6) is 0 Å². The van der Waals surface area contributed by atoms with Gasteiger partial charge >= 0.3 is 0 Å². The highest BCUT2D eigenvalue weighted by atomic mass is 35.5. The van der Waals surface area contributed by atoms with Gasteiger partial charge in [-0.25, -0.2) is 0 Å². The minimum absolute atomic E-state index is 0.225. The van der Waals surface area contributed by atoms with E-state index in [9.17, 15) is 0 Å². The predicted molar refractivity (Wildman–Crippen MR) is 85.7 cm³/mol. The maximum Gasteiger partial charge on any atom is 0.0576 e. The molecule has 1 aliphatic heterocycles. The molecule has 2 unspecified atom stereocenters. The summed E-state index contributed by atoms with van der Waals surface area (Å²) in [4.78, 5) is 0. The third-order valence-corrected chi connectivity index (χ3v) is 4.50. The second kappa shape index (κ2) is 8.23. The van der Waals surface area contributed by atoms with Gasteiger partial charge in [-0.1, -0.05) is 36.2 Å². The molecule has 1 heterocycles. The van der Waals surface area contributed by atoms with E-state index < -0.39 is 0 Å². The van der Waals surface area contributed by atoms with Crippen molar-refractivity contribution in [3.05, 3.63) is 33.8 Å². The fourth-order valence-electron chi connectivity index (χ4n) is 2.86. The zero-order chi connectivity index (χ0) is 14.4. The van der Waals surface area contributed by atoms with Gasteiger partial charge in [0.15, 0.2) is 0 Å². The van der Waals surface area contributed by atoms with E-state index >= 15 is 0 Å². The first-order chi connectivity index (χ1) is 9.72. The summed E-state index contributed by atoms with van der Waals surface area (Å²) < 4.78 is 5.68. The fourth-order valence-corrected chi connectivity index (χ4v) is 3.52. The van der Waals surface area contributed by atoms with E-state index in [0.29, 0.717) is 6.10 Å². The molecule has 1 aromatic carbocycles. The van der Waals surface area contributed by atoms with Crippen LogP contribution in [0.15, 0.2) is 18.2 Å². The Labute approximate surface area is 131 Å². The average Bonchev–Trinajstić information content (AvgIpc) is 2.91. The van der Waals surface area contributed by atoms with Crippen LogP contribution in [-0.4, -0.2) is 19.3 Å². The Morgan fingerprint density at radius 3 is 2.70 bits per heavy atom. The molecule has 2 atom stereocenters. The Morgan fingerprint density at radius 2 is 2.10 bits per heavy atom. The van der Waals surface area contributed by atoms with Crippen molar-refractivity contribution >= 4 is 23.2 Å². The second-order valence-electron chi connectivity index (χ2n) is 5.31. The predicted octanol–water partition coefficient (Wildman–Crippen LogP) is 4.99. The quantitative estimate of drug-likeness (QED) is 0.765. The first kappa shape index (κ1) is 16.1. The SMILES string of the molecule is CCNC(CCCC1CCCO1)c1c(Cl)cccc1Cl. The van der Waals surface area contributed by atoms with E-state index in [0.717, 1.165) is 48.0 Å². The van der Waals surface area contributed by atoms with Crippen LogP contribution in [0.2, 0.25) is 10.0 Å². The van der Waals surface area contributed by atoms with Crippen molar-refractivity contribution in [2.75, 3.05) is 13.2 Å². The molecule has 0 spiro atoms. The molecule has 0 amide bonds. The summed E-state index contributed by atoms with van der Waals surface area (Å²) in [5, 5.41) is 5.00. The van der Waals surface area contributed by atoms with Gasteiger partial charge in [-0.15, -0.1) is 0 Å². The van der Waals surface area contributed by atoms with E-state index in [-0.39, 0.29) is 6.04 Å². The van der Waals surface area contributed by atoms with E-state index in [2.05, 4.69) is 12.2 Å². The molecule has 1 fully saturated rings. The zero-order valence-electron chi connectivity index (χ0n) is 12.0. The van der Waals surface area contributed by atoms with Gasteiger partial charge in [0.2, 0.25) is 0 Å². The van der Waals surface area contributed by atoms with Gasteiger partial charge in [0.25, 0.3) is 0 Å². The third-order valence-electron chi connectivity index (χ3n) is 3.84. The van der Waals surface area contributed by atoms with Gasteiger partial charge in [0.05, 0.1) is 6.10 Å². The first-order valence-corrected chi connectivity index (χ1v) is 8.27. The standard InChI is InChI=1S/C16H23Cl2NO/c1-2-19-15(10-3-6-12-7-5-11-20-12)16-13(17)8-4-9-14(16)18/h4,8-9,12,15,19H,2-3,5-7,10-11H2,1H3. The van der Waals surface area contributed by atoms with Crippen molar-refractivity contribution in [2.45, 2.75) is 51.2 Å². The maximum absolute atomic E-state index is 6.32. The molecule has 20 heavy (non-hydrogen) atoms. The van der Waals surface area contributed by atoms with Crippen LogP contribution in [0, 0.1) is 0 Å². The van der Waals surface area contributed by atoms with Crippen LogP contribution >= 0.6 is 23.2 Å². The molecule has 112 valence electrons. The van der Waals surface area contributed by atoms with Crippen LogP contribution in [0.3, 0.4) is 0 Å². The Bertz CT molecular complexity index is 399. The lowest BCUT2D eigenvalue weighted by atomic mass is 9.99. The lowest BCUT2D eigenvalue weighted by Crippen LogP contribution is -2.22. The number of hydrogen-bond donors (Lipinski definition) is 1. The Balaban J connectivity index is 1.95. The molecule has 2 rings (SSSR count). The van der Waals surface area contributed by atoms with Gasteiger partial charge in [-0.3, -0.25) is 0 Å². The monoisotopic (exact) mass is 315 g/mol. The highest BCUT2D eigenvalue weighted by Crippen LogP contribution is 2.33. The lowest BCUT2D eigenvalue weighted by molar-refractivity contribution is 0.101. The fraction of sp³-hybridized carbons (Fsp3) is 0.625. The Hall–Kier alpha value is -0.280. The average molecular weight is 316 g/mol. The molecule has 0 aliphatic carbocycles. The van der Waals surface area contributed by atoms with E-state index in [1.54, 1.807) is 0 Å². The molecule has 0 radical (unpaired) electrons. The molecule has 0 saturated carbocycles. The van der Waals surface area contributed by atoms with E-state index in [1.165, 1.54) is 12.8 Å². The highest BCUT2D eigenvalue weighted by Gasteiger charge is 2.19. The minimum Gasteiger partial charge on any atom is -0.378 e. The number of hydrogen-bond acceptors (Lipinski definition) is 2. The molecule has 0 bridgehead atoms. The van der Waals surface area contributed by atoms with Crippen LogP contribution in [0.1, 0.15) is 50.6 Å². The molecule has 1 saturated heterocycles. The largest absolute Gasteiger partial charge is 0.378 e. The first-order valence-electron chi connectivity index (χ1n) is 7.51. The van der Waals surface area contributed by atoms with Crippen molar-refractivity contribution in [3.63, 3.8) is 0 Å². The zero-order valence-corrected chi connectivity index (χ0v) is 13.5. The molecular weight excluding hydrogens is 293 g/mol. The molecule has 0 aromatic heterocycles. The minimum atomic E-state index is 0.225. The van der Waals surface area contributed by atoms with Crippen molar-refractivity contribution < 1.29 is 4.74 Å². The topological polar surface area (TPSA) is 21.3 Å². The van der Waals surface area contributed by atoms with Crippen LogP contribution in [-0.2, 0) is 4.74 Å². The van der Waals surface area contributed by atoms with Crippen molar-refractivity contribution in [1.82, 2.24) is 5.32 Å². The molecule has 1 aliphatic rings. The lowest BCUT2D eigenvalue weighted by Gasteiger charge is -2.21. The number of ether oxygens (including phenoxy) is 1. The van der Waals surface area contributed by atoms with Gasteiger partial charge in [-0.2, -0.15) is 0 Å². The van der Waals surface area contributed by atoms with Crippen molar-refractivity contribution in [1.29, 1.82) is 0 Å². The summed E-state index contributed by atoms with van der Waals surface area (Å²) in [5.74, 6) is 0. The number of rotatable bonds is 7. The van der Waals surface area contributed by atoms with Gasteiger partial charge in [0, 0.05) is 28.3 Å². The van der Waals surface area contributed by atoms with Crippen molar-refractivity contribution in [3.8, 4) is 0 Å². The third kappa shape index (κ3) is 4.36. The van der Waals surface area contributed by atoms with Crippen molar-refractivity contribution in [2.24, 2.45) is 0 Å². The summed E-state index contributed by atoms with van der Waals surface area (Å²) in [6.07, 6.45) is 6.17.